The SMILES string of the molecule is Cn1ccc(N2CCC[C@H](NC(=O)CC3=CCCCC3)C2=O)n1. The molecule has 1 saturated heterocycles. The van der Waals surface area contributed by atoms with E-state index in [4.69, 9.17) is 0 Å². The predicted molar refractivity (Wildman–Crippen MR) is 87.9 cm³/mol. The molecule has 0 saturated carbocycles. The average Bonchev–Trinajstić information content (AvgIpc) is 2.96. The lowest BCUT2D eigenvalue weighted by atomic mass is 9.96. The first-order valence-electron chi connectivity index (χ1n) is 8.42. The van der Waals surface area contributed by atoms with Crippen molar-refractivity contribution in [1.82, 2.24) is 15.1 Å². The van der Waals surface area contributed by atoms with E-state index in [0.717, 1.165) is 25.7 Å². The van der Waals surface area contributed by atoms with Gasteiger partial charge in [0.15, 0.2) is 5.82 Å². The maximum absolute atomic E-state index is 12.6. The molecule has 1 fully saturated rings. The minimum atomic E-state index is -0.428. The first-order chi connectivity index (χ1) is 11.1. The first-order valence-corrected chi connectivity index (χ1v) is 8.42. The van der Waals surface area contributed by atoms with E-state index in [0.29, 0.717) is 25.2 Å². The molecule has 1 aliphatic carbocycles. The van der Waals surface area contributed by atoms with Gasteiger partial charge in [-0.25, -0.2) is 0 Å². The fraction of sp³-hybridized carbons (Fsp3) is 0.588. The van der Waals surface area contributed by atoms with E-state index in [1.807, 2.05) is 19.3 Å². The van der Waals surface area contributed by atoms with E-state index in [2.05, 4.69) is 16.5 Å². The van der Waals surface area contributed by atoms with Crippen LogP contribution in [0, 0.1) is 0 Å². The Hall–Kier alpha value is -2.11. The molecular weight excluding hydrogens is 292 g/mol. The van der Waals surface area contributed by atoms with Gasteiger partial charge in [0.1, 0.15) is 6.04 Å². The summed E-state index contributed by atoms with van der Waals surface area (Å²) in [6, 6.07) is 1.40. The number of nitrogens with one attached hydrogen (secondary N) is 1. The lowest BCUT2D eigenvalue weighted by Gasteiger charge is -2.31. The second-order valence-corrected chi connectivity index (χ2v) is 6.38. The summed E-state index contributed by atoms with van der Waals surface area (Å²) < 4.78 is 1.68. The van der Waals surface area contributed by atoms with Gasteiger partial charge < -0.3 is 5.32 Å². The molecule has 1 atom stereocenters. The Morgan fingerprint density at radius 3 is 2.96 bits per heavy atom. The molecule has 0 bridgehead atoms. The van der Waals surface area contributed by atoms with Crippen molar-refractivity contribution in [3.05, 3.63) is 23.9 Å². The number of allylic oxidation sites excluding steroid dienone is 1. The third-order valence-electron chi connectivity index (χ3n) is 4.52. The van der Waals surface area contributed by atoms with E-state index in [1.54, 1.807) is 9.58 Å². The van der Waals surface area contributed by atoms with Crippen molar-refractivity contribution in [3.63, 3.8) is 0 Å². The first kappa shape index (κ1) is 15.8. The van der Waals surface area contributed by atoms with Crippen molar-refractivity contribution in [1.29, 1.82) is 0 Å². The number of piperidine rings is 1. The molecule has 1 aromatic rings. The Kier molecular flexibility index (Phi) is 4.79. The van der Waals surface area contributed by atoms with Gasteiger partial charge in [-0.05, 0) is 38.5 Å². The molecule has 2 heterocycles. The zero-order chi connectivity index (χ0) is 16.2. The molecule has 6 nitrogen and oxygen atoms in total. The number of nitrogens with zero attached hydrogens (tertiary/aromatic N) is 3. The largest absolute Gasteiger partial charge is 0.344 e. The normalized spacial score (nSPS) is 22.0. The van der Waals surface area contributed by atoms with Crippen LogP contribution in [-0.2, 0) is 16.6 Å². The summed E-state index contributed by atoms with van der Waals surface area (Å²) in [6.45, 7) is 0.660. The standard InChI is InChI=1S/C17H24N4O2/c1-20-11-9-15(19-20)21-10-5-8-14(17(21)23)18-16(22)12-13-6-3-2-4-7-13/h6,9,11,14H,2-5,7-8,10,12H2,1H3,(H,18,22)/t14-/m0/s1. The monoisotopic (exact) mass is 316 g/mol. The molecule has 0 radical (unpaired) electrons. The third kappa shape index (κ3) is 3.81. The fourth-order valence-corrected chi connectivity index (χ4v) is 3.30. The number of carbonyl (C=O) groups excluding carboxylic acids is 2. The molecule has 0 spiro atoms. The molecular formula is C17H24N4O2. The van der Waals surface area contributed by atoms with Gasteiger partial charge in [0.2, 0.25) is 5.91 Å². The average molecular weight is 316 g/mol. The van der Waals surface area contributed by atoms with Gasteiger partial charge in [-0.1, -0.05) is 11.6 Å². The van der Waals surface area contributed by atoms with Crippen LogP contribution < -0.4 is 10.2 Å². The minimum absolute atomic E-state index is 0.0422. The molecule has 1 aromatic heterocycles. The minimum Gasteiger partial charge on any atom is -0.344 e. The molecule has 0 unspecified atom stereocenters. The molecule has 0 aromatic carbocycles. The topological polar surface area (TPSA) is 67.2 Å². The Labute approximate surface area is 136 Å². The molecule has 3 rings (SSSR count). The number of hydrogen-bond acceptors (Lipinski definition) is 3. The van der Waals surface area contributed by atoms with E-state index in [-0.39, 0.29) is 11.8 Å². The quantitative estimate of drug-likeness (QED) is 0.863. The van der Waals surface area contributed by atoms with Gasteiger partial charge in [0, 0.05) is 32.3 Å². The van der Waals surface area contributed by atoms with Gasteiger partial charge in [-0.2, -0.15) is 5.10 Å². The summed E-state index contributed by atoms with van der Waals surface area (Å²) in [4.78, 5) is 26.5. The van der Waals surface area contributed by atoms with Crippen molar-refractivity contribution in [2.24, 2.45) is 7.05 Å². The Morgan fingerprint density at radius 2 is 2.26 bits per heavy atom. The maximum Gasteiger partial charge on any atom is 0.250 e. The van der Waals surface area contributed by atoms with Gasteiger partial charge in [0.25, 0.3) is 5.91 Å². The number of carbonyl (C=O) groups is 2. The number of anilines is 1. The van der Waals surface area contributed by atoms with Crippen LogP contribution in [0.4, 0.5) is 5.82 Å². The Balaban J connectivity index is 1.60. The van der Waals surface area contributed by atoms with Gasteiger partial charge in [0.05, 0.1) is 0 Å². The van der Waals surface area contributed by atoms with Crippen LogP contribution in [0.25, 0.3) is 0 Å². The maximum atomic E-state index is 12.6. The molecule has 1 N–H and O–H groups in total. The van der Waals surface area contributed by atoms with E-state index >= 15 is 0 Å². The van der Waals surface area contributed by atoms with Crippen molar-refractivity contribution >= 4 is 17.6 Å². The van der Waals surface area contributed by atoms with Crippen LogP contribution in [-0.4, -0.2) is 34.2 Å². The van der Waals surface area contributed by atoms with Crippen molar-refractivity contribution in [2.75, 3.05) is 11.4 Å². The highest BCUT2D eigenvalue weighted by atomic mass is 16.2. The lowest BCUT2D eigenvalue weighted by molar-refractivity contribution is -0.128. The van der Waals surface area contributed by atoms with Crippen molar-refractivity contribution in [3.8, 4) is 0 Å². The number of aromatic nitrogens is 2. The number of amides is 2. The van der Waals surface area contributed by atoms with Crippen LogP contribution in [0.2, 0.25) is 0 Å². The van der Waals surface area contributed by atoms with E-state index in [1.165, 1.54) is 12.0 Å². The van der Waals surface area contributed by atoms with Crippen molar-refractivity contribution < 1.29 is 9.59 Å². The molecule has 1 aliphatic heterocycles. The number of rotatable bonds is 4. The third-order valence-corrected chi connectivity index (χ3v) is 4.52. The van der Waals surface area contributed by atoms with Gasteiger partial charge in [-0.3, -0.25) is 19.2 Å². The van der Waals surface area contributed by atoms with Gasteiger partial charge >= 0.3 is 0 Å². The second kappa shape index (κ2) is 6.98. The summed E-state index contributed by atoms with van der Waals surface area (Å²) in [7, 11) is 1.83. The summed E-state index contributed by atoms with van der Waals surface area (Å²) in [6.07, 6.45) is 10.4. The summed E-state index contributed by atoms with van der Waals surface area (Å²) in [5.41, 5.74) is 1.21. The Morgan fingerprint density at radius 1 is 1.39 bits per heavy atom. The fourth-order valence-electron chi connectivity index (χ4n) is 3.30. The van der Waals surface area contributed by atoms with E-state index in [9.17, 15) is 9.59 Å². The predicted octanol–water partition coefficient (Wildman–Crippen LogP) is 1.92. The molecule has 2 amide bonds. The van der Waals surface area contributed by atoms with Crippen LogP contribution >= 0.6 is 0 Å². The highest BCUT2D eigenvalue weighted by Gasteiger charge is 2.31. The van der Waals surface area contributed by atoms with Crippen LogP contribution in [0.1, 0.15) is 44.9 Å². The lowest BCUT2D eigenvalue weighted by Crippen LogP contribution is -2.52. The van der Waals surface area contributed by atoms with Gasteiger partial charge in [-0.15, -0.1) is 0 Å². The smallest absolute Gasteiger partial charge is 0.250 e. The zero-order valence-corrected chi connectivity index (χ0v) is 13.6. The number of aryl methyl sites for hydroxylation is 1. The van der Waals surface area contributed by atoms with E-state index < -0.39 is 6.04 Å². The highest BCUT2D eigenvalue weighted by molar-refractivity contribution is 5.99. The number of hydrogen-bond donors (Lipinski definition) is 1. The van der Waals surface area contributed by atoms with Crippen LogP contribution in [0.15, 0.2) is 23.9 Å². The van der Waals surface area contributed by atoms with Crippen LogP contribution in [0.5, 0.6) is 0 Å². The highest BCUT2D eigenvalue weighted by Crippen LogP contribution is 2.21. The zero-order valence-electron chi connectivity index (χ0n) is 13.6. The molecule has 6 heteroatoms. The van der Waals surface area contributed by atoms with Crippen LogP contribution in [0.3, 0.4) is 0 Å². The summed E-state index contributed by atoms with van der Waals surface area (Å²) >= 11 is 0. The second-order valence-electron chi connectivity index (χ2n) is 6.38. The molecule has 124 valence electrons. The summed E-state index contributed by atoms with van der Waals surface area (Å²) in [5.74, 6) is 0.562. The summed E-state index contributed by atoms with van der Waals surface area (Å²) in [5, 5.41) is 7.21. The molecule has 2 aliphatic rings. The Bertz CT molecular complexity index is 620. The molecule has 23 heavy (non-hydrogen) atoms. The van der Waals surface area contributed by atoms with Crippen molar-refractivity contribution in [2.45, 2.75) is 51.0 Å².